The lowest BCUT2D eigenvalue weighted by molar-refractivity contribution is -0.193. The van der Waals surface area contributed by atoms with Gasteiger partial charge in [0, 0.05) is 70.0 Å². The minimum absolute atomic E-state index is 0.0135. The van der Waals surface area contributed by atoms with Gasteiger partial charge in [0.2, 0.25) is 11.8 Å². The van der Waals surface area contributed by atoms with Gasteiger partial charge in [-0.1, -0.05) is 18.9 Å². The molecule has 2 amide bonds. The Morgan fingerprint density at radius 3 is 1.96 bits per heavy atom. The van der Waals surface area contributed by atoms with Crippen molar-refractivity contribution in [2.24, 2.45) is 16.7 Å². The molecule has 1 aromatic heterocycles. The first kappa shape index (κ1) is 37.0. The van der Waals surface area contributed by atoms with E-state index in [0.29, 0.717) is 17.7 Å². The maximum atomic E-state index is 13.7. The SMILES string of the molecule is CCN1CCC2(CN(Cc3cccnc3)CC23CCN(C(=O)CC2CCCC2)CC3)C1=O.O=C(O)C(F)(F)F.O=C(O)C(F)(F)F. The molecule has 1 saturated carbocycles. The van der Waals surface area contributed by atoms with E-state index in [-0.39, 0.29) is 10.8 Å². The Kier molecular flexibility index (Phi) is 12.1. The fraction of sp³-hybridized carbons (Fsp3) is 0.700. The van der Waals surface area contributed by atoms with Gasteiger partial charge in [-0.25, -0.2) is 9.59 Å². The van der Waals surface area contributed by atoms with E-state index in [9.17, 15) is 35.9 Å². The molecule has 0 bridgehead atoms. The van der Waals surface area contributed by atoms with Gasteiger partial charge >= 0.3 is 24.3 Å². The van der Waals surface area contributed by atoms with Crippen LogP contribution in [-0.2, 0) is 25.7 Å². The summed E-state index contributed by atoms with van der Waals surface area (Å²) >= 11 is 0. The molecule has 4 aliphatic rings. The number of piperidine rings is 1. The Bertz CT molecular complexity index is 1190. The standard InChI is InChI=1S/C26H38N4O2.2C2HF3O2/c1-2-29-15-11-26(24(29)32)20-28(18-22-8-5-12-27-17-22)19-25(26)9-13-30(14-10-25)23(31)16-21-6-3-4-7-21;2*3-2(4,5)1(6)7/h5,8,12,17,21H,2-4,6-7,9-11,13-16,18-20H2,1H3;2*(H,6,7). The summed E-state index contributed by atoms with van der Waals surface area (Å²) < 4.78 is 63.5. The van der Waals surface area contributed by atoms with Crippen LogP contribution in [0.3, 0.4) is 0 Å². The predicted octanol–water partition coefficient (Wildman–Crippen LogP) is 4.59. The van der Waals surface area contributed by atoms with Gasteiger partial charge < -0.3 is 20.0 Å². The highest BCUT2D eigenvalue weighted by molar-refractivity contribution is 5.87. The number of likely N-dealkylation sites (tertiary alicyclic amines) is 3. The average Bonchev–Trinajstić information content (AvgIpc) is 3.68. The number of pyridine rings is 1. The normalized spacial score (nSPS) is 23.2. The van der Waals surface area contributed by atoms with Crippen molar-refractivity contribution in [2.45, 2.75) is 77.2 Å². The summed E-state index contributed by atoms with van der Waals surface area (Å²) in [6.07, 6.45) is 2.19. The Morgan fingerprint density at radius 2 is 1.50 bits per heavy atom. The molecule has 1 aliphatic carbocycles. The van der Waals surface area contributed by atoms with Crippen LogP contribution >= 0.6 is 0 Å². The molecule has 1 aromatic rings. The maximum absolute atomic E-state index is 13.7. The number of carbonyl (C=O) groups is 4. The van der Waals surface area contributed by atoms with Crippen LogP contribution in [0.1, 0.15) is 63.9 Å². The van der Waals surface area contributed by atoms with E-state index >= 15 is 0 Å². The van der Waals surface area contributed by atoms with Gasteiger partial charge in [0.15, 0.2) is 0 Å². The summed E-state index contributed by atoms with van der Waals surface area (Å²) in [5.41, 5.74) is 0.910. The summed E-state index contributed by atoms with van der Waals surface area (Å²) in [4.78, 5) is 55.4. The predicted molar refractivity (Wildman–Crippen MR) is 151 cm³/mol. The van der Waals surface area contributed by atoms with E-state index in [4.69, 9.17) is 19.8 Å². The number of carboxylic acid groups (broad SMARTS) is 2. The number of fused-ring (bicyclic) bond motifs is 1. The number of nitrogens with zero attached hydrogens (tertiary/aromatic N) is 4. The molecular weight excluding hydrogens is 626 g/mol. The minimum atomic E-state index is -5.08. The van der Waals surface area contributed by atoms with Gasteiger partial charge in [0.1, 0.15) is 0 Å². The van der Waals surface area contributed by atoms with Gasteiger partial charge in [-0.05, 0) is 56.6 Å². The van der Waals surface area contributed by atoms with E-state index in [1.54, 1.807) is 0 Å². The second-order valence-electron chi connectivity index (χ2n) is 12.3. The number of carboxylic acids is 2. The van der Waals surface area contributed by atoms with Crippen LogP contribution in [-0.4, -0.2) is 105 Å². The van der Waals surface area contributed by atoms with Crippen molar-refractivity contribution >= 4 is 23.8 Å². The van der Waals surface area contributed by atoms with Crippen molar-refractivity contribution in [3.05, 3.63) is 30.1 Å². The van der Waals surface area contributed by atoms with E-state index in [1.165, 1.54) is 31.2 Å². The molecule has 0 aromatic carbocycles. The smallest absolute Gasteiger partial charge is 0.475 e. The van der Waals surface area contributed by atoms with Gasteiger partial charge in [-0.15, -0.1) is 0 Å². The quantitative estimate of drug-likeness (QED) is 0.437. The third-order valence-corrected chi connectivity index (χ3v) is 9.55. The number of rotatable bonds is 5. The van der Waals surface area contributed by atoms with Crippen molar-refractivity contribution in [3.63, 3.8) is 0 Å². The molecule has 3 saturated heterocycles. The van der Waals surface area contributed by atoms with Crippen molar-refractivity contribution in [1.29, 1.82) is 0 Å². The van der Waals surface area contributed by atoms with Gasteiger partial charge in [0.25, 0.3) is 0 Å². The molecule has 4 fully saturated rings. The Hall–Kier alpha value is -3.43. The fourth-order valence-corrected chi connectivity index (χ4v) is 7.24. The van der Waals surface area contributed by atoms with E-state index in [0.717, 1.165) is 71.5 Å². The van der Waals surface area contributed by atoms with E-state index in [2.05, 4.69) is 32.7 Å². The van der Waals surface area contributed by atoms with Crippen molar-refractivity contribution in [3.8, 4) is 0 Å². The van der Waals surface area contributed by atoms with Crippen LogP contribution in [0.2, 0.25) is 0 Å². The van der Waals surface area contributed by atoms with Gasteiger partial charge in [-0.3, -0.25) is 19.5 Å². The van der Waals surface area contributed by atoms with Crippen LogP contribution in [0, 0.1) is 16.7 Å². The monoisotopic (exact) mass is 666 g/mol. The number of hydrogen-bond donors (Lipinski definition) is 2. The zero-order valence-corrected chi connectivity index (χ0v) is 25.6. The lowest BCUT2D eigenvalue weighted by atomic mass is 9.60. The highest BCUT2D eigenvalue weighted by atomic mass is 19.4. The summed E-state index contributed by atoms with van der Waals surface area (Å²) in [7, 11) is 0. The molecule has 1 atom stereocenters. The largest absolute Gasteiger partial charge is 0.490 e. The molecule has 16 heteroatoms. The summed E-state index contributed by atoms with van der Waals surface area (Å²) in [6.45, 7) is 8.04. The van der Waals surface area contributed by atoms with Crippen LogP contribution in [0.4, 0.5) is 26.3 Å². The fourth-order valence-electron chi connectivity index (χ4n) is 7.24. The first-order valence-electron chi connectivity index (χ1n) is 15.2. The van der Waals surface area contributed by atoms with E-state index in [1.807, 2.05) is 18.5 Å². The third kappa shape index (κ3) is 8.88. The van der Waals surface area contributed by atoms with E-state index < -0.39 is 24.3 Å². The van der Waals surface area contributed by atoms with Crippen LogP contribution in [0.15, 0.2) is 24.5 Å². The highest BCUT2D eigenvalue weighted by Gasteiger charge is 2.65. The summed E-state index contributed by atoms with van der Waals surface area (Å²) in [5, 5.41) is 14.2. The zero-order valence-electron chi connectivity index (χ0n) is 25.6. The summed E-state index contributed by atoms with van der Waals surface area (Å²) in [5.74, 6) is -4.21. The molecule has 46 heavy (non-hydrogen) atoms. The second kappa shape index (κ2) is 15.0. The molecule has 2 spiro atoms. The van der Waals surface area contributed by atoms with Crippen molar-refractivity contribution in [1.82, 2.24) is 19.7 Å². The van der Waals surface area contributed by atoms with Gasteiger partial charge in [0.05, 0.1) is 5.41 Å². The number of hydrogen-bond acceptors (Lipinski definition) is 6. The van der Waals surface area contributed by atoms with Gasteiger partial charge in [-0.2, -0.15) is 26.3 Å². The highest BCUT2D eigenvalue weighted by Crippen LogP contribution is 2.58. The van der Waals surface area contributed by atoms with Crippen molar-refractivity contribution in [2.75, 3.05) is 39.3 Å². The second-order valence-corrected chi connectivity index (χ2v) is 12.3. The third-order valence-electron chi connectivity index (χ3n) is 9.55. The molecule has 2 N–H and O–H groups in total. The first-order chi connectivity index (χ1) is 21.4. The Balaban J connectivity index is 0.000000345. The molecule has 4 heterocycles. The lowest BCUT2D eigenvalue weighted by Gasteiger charge is -2.47. The van der Waals surface area contributed by atoms with Crippen LogP contribution in [0.5, 0.6) is 0 Å². The number of alkyl halides is 6. The number of carbonyl (C=O) groups excluding carboxylic acids is 2. The number of halogens is 6. The zero-order chi connectivity index (χ0) is 34.3. The molecule has 258 valence electrons. The minimum Gasteiger partial charge on any atom is -0.475 e. The maximum Gasteiger partial charge on any atom is 0.490 e. The molecule has 5 rings (SSSR count). The molecule has 0 radical (unpaired) electrons. The first-order valence-corrected chi connectivity index (χ1v) is 15.2. The summed E-state index contributed by atoms with van der Waals surface area (Å²) in [6, 6.07) is 4.12. The molecule has 3 aliphatic heterocycles. The van der Waals surface area contributed by atoms with Crippen LogP contribution in [0.25, 0.3) is 0 Å². The van der Waals surface area contributed by atoms with Crippen molar-refractivity contribution < 1.29 is 55.7 Å². The number of amides is 2. The Morgan fingerprint density at radius 1 is 0.935 bits per heavy atom. The number of aliphatic carboxylic acids is 2. The average molecular weight is 667 g/mol. The number of aromatic nitrogens is 1. The molecular formula is C30H40F6N4O6. The molecule has 1 unspecified atom stereocenters. The lowest BCUT2D eigenvalue weighted by Crippen LogP contribution is -2.53. The Labute approximate surface area is 262 Å². The van der Waals surface area contributed by atoms with Crippen LogP contribution < -0.4 is 0 Å². The molecule has 10 nitrogen and oxygen atoms in total. The topological polar surface area (TPSA) is 131 Å².